The first kappa shape index (κ1) is 11.6. The molecular formula is C13H17N3O. The SMILES string of the molecule is CCc1ccc(NC(=O)C2=NCC(C)N2)cc1. The lowest BCUT2D eigenvalue weighted by atomic mass is 10.1. The van der Waals surface area contributed by atoms with Crippen LogP contribution in [-0.2, 0) is 11.2 Å². The van der Waals surface area contributed by atoms with Crippen LogP contribution in [0.4, 0.5) is 5.69 Å². The number of amides is 1. The molecule has 1 aromatic rings. The molecule has 90 valence electrons. The molecule has 0 aliphatic carbocycles. The molecule has 4 heteroatoms. The molecule has 1 aliphatic heterocycles. The van der Waals surface area contributed by atoms with Gasteiger partial charge in [0.25, 0.3) is 5.91 Å². The summed E-state index contributed by atoms with van der Waals surface area (Å²) in [4.78, 5) is 16.0. The van der Waals surface area contributed by atoms with Gasteiger partial charge in [-0.05, 0) is 31.0 Å². The highest BCUT2D eigenvalue weighted by Crippen LogP contribution is 2.10. The minimum Gasteiger partial charge on any atom is -0.361 e. The molecule has 1 unspecified atom stereocenters. The fraction of sp³-hybridized carbons (Fsp3) is 0.385. The molecule has 0 radical (unpaired) electrons. The number of hydrogen-bond acceptors (Lipinski definition) is 3. The Hall–Kier alpha value is -1.84. The van der Waals surface area contributed by atoms with E-state index in [9.17, 15) is 4.79 Å². The molecule has 1 aromatic carbocycles. The van der Waals surface area contributed by atoms with Crippen molar-refractivity contribution in [2.75, 3.05) is 11.9 Å². The van der Waals surface area contributed by atoms with Gasteiger partial charge in [-0.2, -0.15) is 0 Å². The van der Waals surface area contributed by atoms with Crippen molar-refractivity contribution in [3.05, 3.63) is 29.8 Å². The number of aliphatic imine (C=N–C) groups is 1. The smallest absolute Gasteiger partial charge is 0.290 e. The van der Waals surface area contributed by atoms with E-state index in [0.717, 1.165) is 12.1 Å². The van der Waals surface area contributed by atoms with Crippen LogP contribution in [0.15, 0.2) is 29.3 Å². The first-order chi connectivity index (χ1) is 8.19. The van der Waals surface area contributed by atoms with Gasteiger partial charge in [0.2, 0.25) is 0 Å². The molecule has 0 bridgehead atoms. The third kappa shape index (κ3) is 2.84. The van der Waals surface area contributed by atoms with E-state index in [4.69, 9.17) is 0 Å². The lowest BCUT2D eigenvalue weighted by Crippen LogP contribution is -2.36. The van der Waals surface area contributed by atoms with Crippen molar-refractivity contribution in [2.45, 2.75) is 26.3 Å². The van der Waals surface area contributed by atoms with E-state index in [0.29, 0.717) is 12.4 Å². The van der Waals surface area contributed by atoms with E-state index >= 15 is 0 Å². The standard InChI is InChI=1S/C13H17N3O/c1-3-10-4-6-11(7-5-10)16-13(17)12-14-8-9(2)15-12/h4-7,9H,3,8H2,1-2H3,(H,14,15)(H,16,17). The molecule has 1 amide bonds. The zero-order chi connectivity index (χ0) is 12.3. The Balaban J connectivity index is 1.98. The van der Waals surface area contributed by atoms with Gasteiger partial charge in [-0.3, -0.25) is 9.79 Å². The van der Waals surface area contributed by atoms with Crippen LogP contribution in [0, 0.1) is 0 Å². The van der Waals surface area contributed by atoms with Gasteiger partial charge < -0.3 is 10.6 Å². The minimum absolute atomic E-state index is 0.168. The second kappa shape index (κ2) is 4.99. The Morgan fingerprint density at radius 1 is 1.47 bits per heavy atom. The topological polar surface area (TPSA) is 53.5 Å². The van der Waals surface area contributed by atoms with Gasteiger partial charge in [-0.25, -0.2) is 0 Å². The summed E-state index contributed by atoms with van der Waals surface area (Å²) >= 11 is 0. The lowest BCUT2D eigenvalue weighted by molar-refractivity contribution is -0.110. The number of nitrogens with one attached hydrogen (secondary N) is 2. The highest BCUT2D eigenvalue weighted by molar-refractivity contribution is 6.42. The van der Waals surface area contributed by atoms with Crippen LogP contribution in [0.3, 0.4) is 0 Å². The molecule has 4 nitrogen and oxygen atoms in total. The average molecular weight is 231 g/mol. The summed E-state index contributed by atoms with van der Waals surface area (Å²) in [6.45, 7) is 4.77. The second-order valence-corrected chi connectivity index (χ2v) is 4.24. The molecule has 0 spiro atoms. The van der Waals surface area contributed by atoms with E-state index in [2.05, 4.69) is 22.5 Å². The zero-order valence-corrected chi connectivity index (χ0v) is 10.2. The third-order valence-corrected chi connectivity index (χ3v) is 2.74. The summed E-state index contributed by atoms with van der Waals surface area (Å²) in [5, 5.41) is 5.86. The van der Waals surface area contributed by atoms with Gasteiger partial charge in [0.05, 0.1) is 6.54 Å². The number of amidine groups is 1. The molecule has 17 heavy (non-hydrogen) atoms. The van der Waals surface area contributed by atoms with Crippen LogP contribution in [0.2, 0.25) is 0 Å². The number of hydrogen-bond donors (Lipinski definition) is 2. The number of aryl methyl sites for hydroxylation is 1. The Kier molecular flexibility index (Phi) is 3.42. The van der Waals surface area contributed by atoms with Crippen molar-refractivity contribution in [3.63, 3.8) is 0 Å². The maximum absolute atomic E-state index is 11.8. The Morgan fingerprint density at radius 3 is 2.71 bits per heavy atom. The van der Waals surface area contributed by atoms with Crippen molar-refractivity contribution < 1.29 is 4.79 Å². The largest absolute Gasteiger partial charge is 0.361 e. The van der Waals surface area contributed by atoms with E-state index in [1.807, 2.05) is 31.2 Å². The summed E-state index contributed by atoms with van der Waals surface area (Å²) in [6.07, 6.45) is 1.00. The molecule has 1 heterocycles. The van der Waals surface area contributed by atoms with Crippen molar-refractivity contribution in [2.24, 2.45) is 4.99 Å². The van der Waals surface area contributed by atoms with E-state index < -0.39 is 0 Å². The highest BCUT2D eigenvalue weighted by atomic mass is 16.2. The fourth-order valence-corrected chi connectivity index (χ4v) is 1.70. The van der Waals surface area contributed by atoms with Gasteiger partial charge in [0, 0.05) is 11.7 Å². The molecule has 2 rings (SSSR count). The number of benzene rings is 1. The van der Waals surface area contributed by atoms with E-state index in [1.165, 1.54) is 5.56 Å². The maximum atomic E-state index is 11.8. The molecule has 0 fully saturated rings. The molecule has 0 saturated carbocycles. The molecular weight excluding hydrogens is 214 g/mol. The normalized spacial score (nSPS) is 18.5. The van der Waals surface area contributed by atoms with Crippen LogP contribution >= 0.6 is 0 Å². The van der Waals surface area contributed by atoms with Gasteiger partial charge in [0.1, 0.15) is 0 Å². The highest BCUT2D eigenvalue weighted by Gasteiger charge is 2.19. The summed E-state index contributed by atoms with van der Waals surface area (Å²) in [5.41, 5.74) is 2.06. The van der Waals surface area contributed by atoms with E-state index in [-0.39, 0.29) is 11.9 Å². The number of carbonyl (C=O) groups is 1. The number of anilines is 1. The number of carbonyl (C=O) groups excluding carboxylic acids is 1. The van der Waals surface area contributed by atoms with Crippen molar-refractivity contribution in [1.82, 2.24) is 5.32 Å². The second-order valence-electron chi connectivity index (χ2n) is 4.24. The van der Waals surface area contributed by atoms with Crippen LogP contribution in [0.25, 0.3) is 0 Å². The Morgan fingerprint density at radius 2 is 2.18 bits per heavy atom. The fourth-order valence-electron chi connectivity index (χ4n) is 1.70. The van der Waals surface area contributed by atoms with Gasteiger partial charge in [-0.15, -0.1) is 0 Å². The minimum atomic E-state index is -0.168. The van der Waals surface area contributed by atoms with Crippen LogP contribution < -0.4 is 10.6 Å². The average Bonchev–Trinajstić information content (AvgIpc) is 2.77. The predicted molar refractivity (Wildman–Crippen MR) is 69.3 cm³/mol. The lowest BCUT2D eigenvalue weighted by Gasteiger charge is -2.07. The summed E-state index contributed by atoms with van der Waals surface area (Å²) < 4.78 is 0. The van der Waals surface area contributed by atoms with Crippen LogP contribution in [0.1, 0.15) is 19.4 Å². The molecule has 0 saturated heterocycles. The molecule has 0 aromatic heterocycles. The van der Waals surface area contributed by atoms with Crippen LogP contribution in [-0.4, -0.2) is 24.3 Å². The summed E-state index contributed by atoms with van der Waals surface area (Å²) in [7, 11) is 0. The summed E-state index contributed by atoms with van der Waals surface area (Å²) in [5.74, 6) is 0.260. The van der Waals surface area contributed by atoms with Gasteiger partial charge in [0.15, 0.2) is 5.84 Å². The van der Waals surface area contributed by atoms with E-state index in [1.54, 1.807) is 0 Å². The van der Waals surface area contributed by atoms with Crippen molar-refractivity contribution in [3.8, 4) is 0 Å². The third-order valence-electron chi connectivity index (χ3n) is 2.74. The quantitative estimate of drug-likeness (QED) is 0.829. The maximum Gasteiger partial charge on any atom is 0.290 e. The first-order valence-electron chi connectivity index (χ1n) is 5.90. The van der Waals surface area contributed by atoms with Gasteiger partial charge in [-0.1, -0.05) is 19.1 Å². The van der Waals surface area contributed by atoms with Crippen LogP contribution in [0.5, 0.6) is 0 Å². The Bertz CT molecular complexity index is 436. The Labute approximate surface area is 101 Å². The molecule has 1 aliphatic rings. The summed E-state index contributed by atoms with van der Waals surface area (Å²) in [6, 6.07) is 8.11. The van der Waals surface area contributed by atoms with Gasteiger partial charge >= 0.3 is 0 Å². The molecule has 1 atom stereocenters. The monoisotopic (exact) mass is 231 g/mol. The van der Waals surface area contributed by atoms with Crippen molar-refractivity contribution >= 4 is 17.4 Å². The first-order valence-corrected chi connectivity index (χ1v) is 5.90. The molecule has 2 N–H and O–H groups in total. The zero-order valence-electron chi connectivity index (χ0n) is 10.2. The van der Waals surface area contributed by atoms with Crippen molar-refractivity contribution in [1.29, 1.82) is 0 Å². The number of nitrogens with zero attached hydrogens (tertiary/aromatic N) is 1. The number of rotatable bonds is 3. The predicted octanol–water partition coefficient (Wildman–Crippen LogP) is 1.58.